The maximum absolute atomic E-state index is 12.4. The van der Waals surface area contributed by atoms with Gasteiger partial charge in [0, 0.05) is 31.9 Å². The summed E-state index contributed by atoms with van der Waals surface area (Å²) in [7, 11) is 0. The van der Waals surface area contributed by atoms with Crippen LogP contribution in [0.15, 0.2) is 67.0 Å². The zero-order valence-electron chi connectivity index (χ0n) is 15.0. The number of nitrogens with one attached hydrogen (secondary N) is 1. The minimum absolute atomic E-state index is 0.0761. The molecule has 2 heterocycles. The molecule has 3 aromatic rings. The lowest BCUT2D eigenvalue weighted by atomic mass is 10.0. The number of carbonyl (C=O) groups is 2. The van der Waals surface area contributed by atoms with Crippen LogP contribution in [0.2, 0.25) is 0 Å². The minimum atomic E-state index is -0.142. The highest BCUT2D eigenvalue weighted by Gasteiger charge is 2.30. The van der Waals surface area contributed by atoms with Crippen molar-refractivity contribution in [3.63, 3.8) is 0 Å². The van der Waals surface area contributed by atoms with Crippen LogP contribution in [-0.4, -0.2) is 34.3 Å². The predicted octanol–water partition coefficient (Wildman–Crippen LogP) is 2.69. The van der Waals surface area contributed by atoms with Crippen molar-refractivity contribution in [2.75, 3.05) is 6.54 Å². The minimum Gasteiger partial charge on any atom is -0.351 e. The quantitative estimate of drug-likeness (QED) is 0.762. The molecule has 0 aliphatic carbocycles. The van der Waals surface area contributed by atoms with Crippen LogP contribution in [-0.2, 0) is 22.6 Å². The summed E-state index contributed by atoms with van der Waals surface area (Å²) in [5, 5.41) is 5.31. The molecule has 0 spiro atoms. The van der Waals surface area contributed by atoms with Crippen molar-refractivity contribution >= 4 is 22.6 Å². The molecular formula is C22H21N3O2. The van der Waals surface area contributed by atoms with Gasteiger partial charge >= 0.3 is 0 Å². The van der Waals surface area contributed by atoms with Crippen molar-refractivity contribution in [3.05, 3.63) is 78.1 Å². The van der Waals surface area contributed by atoms with Gasteiger partial charge in [-0.05, 0) is 28.0 Å². The fraction of sp³-hybridized carbons (Fsp3) is 0.227. The second kappa shape index (κ2) is 7.58. The average Bonchev–Trinajstić information content (AvgIpc) is 3.01. The van der Waals surface area contributed by atoms with E-state index in [1.807, 2.05) is 35.2 Å². The van der Waals surface area contributed by atoms with Gasteiger partial charge in [0.05, 0.1) is 12.5 Å². The summed E-state index contributed by atoms with van der Waals surface area (Å²) in [5.41, 5.74) is 2.00. The molecule has 2 amide bonds. The largest absolute Gasteiger partial charge is 0.351 e. The van der Waals surface area contributed by atoms with E-state index in [2.05, 4.69) is 34.6 Å². The molecule has 1 N–H and O–H groups in total. The van der Waals surface area contributed by atoms with Crippen LogP contribution in [0.5, 0.6) is 0 Å². The lowest BCUT2D eigenvalue weighted by Crippen LogP contribution is -2.37. The van der Waals surface area contributed by atoms with E-state index in [9.17, 15) is 9.59 Å². The summed E-state index contributed by atoms with van der Waals surface area (Å²) < 4.78 is 0. The molecule has 0 radical (unpaired) electrons. The zero-order chi connectivity index (χ0) is 18.6. The molecule has 4 rings (SSSR count). The third-order valence-electron chi connectivity index (χ3n) is 4.91. The van der Waals surface area contributed by atoms with E-state index >= 15 is 0 Å². The van der Waals surface area contributed by atoms with Crippen molar-refractivity contribution in [2.45, 2.75) is 25.4 Å². The van der Waals surface area contributed by atoms with Gasteiger partial charge in [0.2, 0.25) is 11.8 Å². The Hall–Kier alpha value is -3.21. The molecule has 1 aromatic heterocycles. The molecule has 5 nitrogen and oxygen atoms in total. The first-order valence-corrected chi connectivity index (χ1v) is 9.12. The number of likely N-dealkylation sites (tertiary alicyclic amines) is 1. The first kappa shape index (κ1) is 17.2. The number of hydrogen-bond donors (Lipinski definition) is 1. The molecule has 1 atom stereocenters. The number of hydrogen-bond acceptors (Lipinski definition) is 3. The Morgan fingerprint density at radius 3 is 2.81 bits per heavy atom. The van der Waals surface area contributed by atoms with Crippen molar-refractivity contribution < 1.29 is 9.59 Å². The highest BCUT2D eigenvalue weighted by atomic mass is 16.2. The van der Waals surface area contributed by atoms with Gasteiger partial charge in [0.25, 0.3) is 0 Å². The van der Waals surface area contributed by atoms with E-state index in [-0.39, 0.29) is 24.3 Å². The van der Waals surface area contributed by atoms with Gasteiger partial charge < -0.3 is 10.2 Å². The van der Waals surface area contributed by atoms with Gasteiger partial charge in [-0.15, -0.1) is 0 Å². The molecule has 1 aliphatic heterocycles. The molecule has 1 fully saturated rings. The molecular weight excluding hydrogens is 338 g/mol. The van der Waals surface area contributed by atoms with Crippen LogP contribution < -0.4 is 5.32 Å². The number of fused-ring (bicyclic) bond motifs is 1. The van der Waals surface area contributed by atoms with Crippen molar-refractivity contribution in [1.29, 1.82) is 0 Å². The van der Waals surface area contributed by atoms with Gasteiger partial charge in [-0.1, -0.05) is 48.5 Å². The number of nitrogens with zero attached hydrogens (tertiary/aromatic N) is 2. The number of rotatable bonds is 5. The SMILES string of the molecule is O=C(Cc1cccnc1)N[C@@H]1CC(=O)N(Cc2cccc3ccccc23)C1. The molecule has 0 saturated carbocycles. The van der Waals surface area contributed by atoms with Crippen LogP contribution >= 0.6 is 0 Å². The highest BCUT2D eigenvalue weighted by molar-refractivity contribution is 5.87. The summed E-state index contributed by atoms with van der Waals surface area (Å²) in [4.78, 5) is 30.5. The molecule has 0 bridgehead atoms. The Balaban J connectivity index is 1.39. The Labute approximate surface area is 158 Å². The monoisotopic (exact) mass is 359 g/mol. The maximum atomic E-state index is 12.4. The standard InChI is InChI=1S/C22H21N3O2/c26-21(11-16-5-4-10-23-13-16)24-19-12-22(27)25(15-19)14-18-8-3-7-17-6-1-2-9-20(17)18/h1-10,13,19H,11-12,14-15H2,(H,24,26)/t19-/m1/s1. The Morgan fingerprint density at radius 2 is 1.96 bits per heavy atom. The first-order chi connectivity index (χ1) is 13.2. The van der Waals surface area contributed by atoms with E-state index in [1.54, 1.807) is 12.4 Å². The highest BCUT2D eigenvalue weighted by Crippen LogP contribution is 2.22. The molecule has 27 heavy (non-hydrogen) atoms. The zero-order valence-corrected chi connectivity index (χ0v) is 15.0. The van der Waals surface area contributed by atoms with Gasteiger partial charge in [0.1, 0.15) is 0 Å². The second-order valence-electron chi connectivity index (χ2n) is 6.92. The van der Waals surface area contributed by atoms with E-state index in [4.69, 9.17) is 0 Å². The third kappa shape index (κ3) is 3.97. The summed E-state index contributed by atoms with van der Waals surface area (Å²) in [6.07, 6.45) is 4.00. The first-order valence-electron chi connectivity index (χ1n) is 9.12. The average molecular weight is 359 g/mol. The van der Waals surface area contributed by atoms with Crippen LogP contribution in [0.25, 0.3) is 10.8 Å². The van der Waals surface area contributed by atoms with Crippen molar-refractivity contribution in [1.82, 2.24) is 15.2 Å². The lowest BCUT2D eigenvalue weighted by Gasteiger charge is -2.18. The summed E-state index contributed by atoms with van der Waals surface area (Å²) in [6.45, 7) is 1.11. The van der Waals surface area contributed by atoms with E-state index in [0.717, 1.165) is 16.5 Å². The third-order valence-corrected chi connectivity index (χ3v) is 4.91. The fourth-order valence-corrected chi connectivity index (χ4v) is 3.62. The molecule has 2 aromatic carbocycles. The van der Waals surface area contributed by atoms with Crippen molar-refractivity contribution in [2.24, 2.45) is 0 Å². The molecule has 136 valence electrons. The molecule has 5 heteroatoms. The number of aromatic nitrogens is 1. The summed E-state index contributed by atoms with van der Waals surface area (Å²) in [5.74, 6) is 0.00224. The van der Waals surface area contributed by atoms with Gasteiger partial charge in [-0.3, -0.25) is 14.6 Å². The van der Waals surface area contributed by atoms with E-state index in [0.29, 0.717) is 19.5 Å². The lowest BCUT2D eigenvalue weighted by molar-refractivity contribution is -0.128. The van der Waals surface area contributed by atoms with Gasteiger partial charge in [-0.25, -0.2) is 0 Å². The van der Waals surface area contributed by atoms with Crippen LogP contribution in [0.3, 0.4) is 0 Å². The molecule has 1 aliphatic rings. The summed E-state index contributed by atoms with van der Waals surface area (Å²) >= 11 is 0. The smallest absolute Gasteiger partial charge is 0.225 e. The Morgan fingerprint density at radius 1 is 1.11 bits per heavy atom. The second-order valence-corrected chi connectivity index (χ2v) is 6.92. The normalized spacial score (nSPS) is 16.7. The van der Waals surface area contributed by atoms with E-state index in [1.165, 1.54) is 5.39 Å². The number of benzene rings is 2. The maximum Gasteiger partial charge on any atom is 0.225 e. The Kier molecular flexibility index (Phi) is 4.83. The topological polar surface area (TPSA) is 62.3 Å². The van der Waals surface area contributed by atoms with Crippen LogP contribution in [0, 0.1) is 0 Å². The van der Waals surface area contributed by atoms with Crippen LogP contribution in [0.1, 0.15) is 17.5 Å². The fourth-order valence-electron chi connectivity index (χ4n) is 3.62. The van der Waals surface area contributed by atoms with E-state index < -0.39 is 0 Å². The predicted molar refractivity (Wildman–Crippen MR) is 104 cm³/mol. The number of carbonyl (C=O) groups excluding carboxylic acids is 2. The van der Waals surface area contributed by atoms with Crippen LogP contribution in [0.4, 0.5) is 0 Å². The van der Waals surface area contributed by atoms with Gasteiger partial charge in [-0.2, -0.15) is 0 Å². The molecule has 1 saturated heterocycles. The summed E-state index contributed by atoms with van der Waals surface area (Å²) in [6, 6.07) is 17.9. The number of pyridine rings is 1. The molecule has 0 unspecified atom stereocenters. The Bertz CT molecular complexity index is 966. The number of amides is 2. The van der Waals surface area contributed by atoms with Gasteiger partial charge in [0.15, 0.2) is 0 Å². The van der Waals surface area contributed by atoms with Crippen molar-refractivity contribution in [3.8, 4) is 0 Å².